The van der Waals surface area contributed by atoms with Crippen molar-refractivity contribution in [1.29, 1.82) is 0 Å². The van der Waals surface area contributed by atoms with Crippen LogP contribution >= 0.6 is 0 Å². The van der Waals surface area contributed by atoms with E-state index in [0.29, 0.717) is 19.6 Å². The Morgan fingerprint density at radius 2 is 1.38 bits per heavy atom. The first-order valence-electron chi connectivity index (χ1n) is 5.18. The predicted octanol–water partition coefficient (Wildman–Crippen LogP) is 2.29. The third-order valence-corrected chi connectivity index (χ3v) is 1.63. The summed E-state index contributed by atoms with van der Waals surface area (Å²) in [7, 11) is 0. The quantitative estimate of drug-likeness (QED) is 0.597. The Hall–Kier alpha value is -0.120. The molecule has 0 heterocycles. The fraction of sp³-hybridized carbons (Fsp3) is 1.00. The number of hydrogen-bond donors (Lipinski definition) is 1. The van der Waals surface area contributed by atoms with Gasteiger partial charge in [0.1, 0.15) is 0 Å². The van der Waals surface area contributed by atoms with Gasteiger partial charge in [0, 0.05) is 6.42 Å². The second-order valence-electron chi connectivity index (χ2n) is 3.16. The van der Waals surface area contributed by atoms with Gasteiger partial charge in [-0.1, -0.05) is 20.8 Å². The molecule has 0 saturated heterocycles. The van der Waals surface area contributed by atoms with Crippen LogP contribution in [-0.2, 0) is 9.47 Å². The van der Waals surface area contributed by atoms with Crippen molar-refractivity contribution in [3.05, 3.63) is 0 Å². The number of aliphatic hydroxyl groups is 1. The molecule has 0 saturated carbocycles. The molecular weight excluding hydrogens is 168 g/mol. The Morgan fingerprint density at radius 3 is 1.69 bits per heavy atom. The van der Waals surface area contributed by atoms with Crippen molar-refractivity contribution < 1.29 is 14.6 Å². The van der Waals surface area contributed by atoms with E-state index in [1.165, 1.54) is 0 Å². The fourth-order valence-corrected chi connectivity index (χ4v) is 1.03. The Kier molecular flexibility index (Phi) is 7.23. The molecule has 0 amide bonds. The van der Waals surface area contributed by atoms with E-state index in [0.717, 1.165) is 19.3 Å². The molecule has 3 heteroatoms. The zero-order chi connectivity index (χ0) is 10.2. The van der Waals surface area contributed by atoms with E-state index < -0.39 is 5.97 Å². The third kappa shape index (κ3) is 6.02. The molecule has 80 valence electrons. The van der Waals surface area contributed by atoms with E-state index in [9.17, 15) is 5.11 Å². The molecule has 0 aromatic rings. The summed E-state index contributed by atoms with van der Waals surface area (Å²) in [6, 6.07) is 0. The highest BCUT2D eigenvalue weighted by Gasteiger charge is 2.26. The molecule has 3 nitrogen and oxygen atoms in total. The lowest BCUT2D eigenvalue weighted by molar-refractivity contribution is -0.363. The van der Waals surface area contributed by atoms with Crippen LogP contribution in [0.15, 0.2) is 0 Å². The minimum Gasteiger partial charge on any atom is -0.343 e. The lowest BCUT2D eigenvalue weighted by Crippen LogP contribution is -2.36. The summed E-state index contributed by atoms with van der Waals surface area (Å²) < 4.78 is 10.5. The van der Waals surface area contributed by atoms with E-state index in [-0.39, 0.29) is 0 Å². The molecule has 0 atom stereocenters. The second kappa shape index (κ2) is 7.30. The summed E-state index contributed by atoms with van der Waals surface area (Å²) in [5, 5.41) is 9.83. The first kappa shape index (κ1) is 12.9. The van der Waals surface area contributed by atoms with Crippen LogP contribution in [0.4, 0.5) is 0 Å². The van der Waals surface area contributed by atoms with Crippen molar-refractivity contribution in [3.63, 3.8) is 0 Å². The molecule has 0 radical (unpaired) electrons. The molecule has 1 N–H and O–H groups in total. The molecule has 0 spiro atoms. The number of ether oxygens (including phenoxy) is 2. The van der Waals surface area contributed by atoms with Gasteiger partial charge in [0.25, 0.3) is 5.97 Å². The lowest BCUT2D eigenvalue weighted by atomic mass is 10.3. The van der Waals surface area contributed by atoms with Gasteiger partial charge in [-0.05, 0) is 19.3 Å². The summed E-state index contributed by atoms with van der Waals surface area (Å²) in [6.07, 6.45) is 3.17. The van der Waals surface area contributed by atoms with E-state index >= 15 is 0 Å². The molecule has 13 heavy (non-hydrogen) atoms. The van der Waals surface area contributed by atoms with Crippen molar-refractivity contribution in [3.8, 4) is 0 Å². The van der Waals surface area contributed by atoms with Crippen LogP contribution in [0, 0.1) is 0 Å². The molecule has 0 aromatic heterocycles. The van der Waals surface area contributed by atoms with Gasteiger partial charge in [-0.15, -0.1) is 0 Å². The van der Waals surface area contributed by atoms with Crippen LogP contribution in [0.3, 0.4) is 0 Å². The molecule has 0 aliphatic heterocycles. The Bertz CT molecular complexity index is 107. The van der Waals surface area contributed by atoms with Crippen molar-refractivity contribution in [1.82, 2.24) is 0 Å². The zero-order valence-corrected chi connectivity index (χ0v) is 9.01. The summed E-state index contributed by atoms with van der Waals surface area (Å²) in [6.45, 7) is 7.09. The van der Waals surface area contributed by atoms with Crippen LogP contribution in [0.25, 0.3) is 0 Å². The average Bonchev–Trinajstić information content (AvgIpc) is 2.12. The molecule has 0 rings (SSSR count). The molecule has 0 unspecified atom stereocenters. The topological polar surface area (TPSA) is 38.7 Å². The molecule has 0 aliphatic carbocycles. The van der Waals surface area contributed by atoms with Crippen molar-refractivity contribution in [2.75, 3.05) is 13.2 Å². The van der Waals surface area contributed by atoms with Crippen LogP contribution in [0.2, 0.25) is 0 Å². The van der Waals surface area contributed by atoms with E-state index in [2.05, 4.69) is 0 Å². The number of hydrogen-bond acceptors (Lipinski definition) is 3. The minimum absolute atomic E-state index is 0.535. The standard InChI is InChI=1S/C10H22O3/c1-4-7-10(11,12-8-5-2)13-9-6-3/h11H,4-9H2,1-3H3. The largest absolute Gasteiger partial charge is 0.343 e. The Balaban J connectivity index is 3.84. The SMILES string of the molecule is CCCOC(O)(CCC)OCCC. The normalized spacial score (nSPS) is 12.0. The van der Waals surface area contributed by atoms with Crippen molar-refractivity contribution in [2.24, 2.45) is 0 Å². The van der Waals surface area contributed by atoms with E-state index in [1.54, 1.807) is 0 Å². The summed E-state index contributed by atoms with van der Waals surface area (Å²) in [5.41, 5.74) is 0. The molecular formula is C10H22O3. The second-order valence-corrected chi connectivity index (χ2v) is 3.16. The summed E-state index contributed by atoms with van der Waals surface area (Å²) in [4.78, 5) is 0. The van der Waals surface area contributed by atoms with Crippen LogP contribution in [-0.4, -0.2) is 24.3 Å². The summed E-state index contributed by atoms with van der Waals surface area (Å²) >= 11 is 0. The van der Waals surface area contributed by atoms with Gasteiger partial charge < -0.3 is 14.6 Å². The predicted molar refractivity (Wildman–Crippen MR) is 52.3 cm³/mol. The molecule has 0 fully saturated rings. The first-order chi connectivity index (χ1) is 6.18. The van der Waals surface area contributed by atoms with Crippen molar-refractivity contribution in [2.45, 2.75) is 52.4 Å². The third-order valence-electron chi connectivity index (χ3n) is 1.63. The molecule has 0 bridgehead atoms. The Morgan fingerprint density at radius 1 is 0.923 bits per heavy atom. The lowest BCUT2D eigenvalue weighted by Gasteiger charge is -2.27. The smallest absolute Gasteiger partial charge is 0.280 e. The average molecular weight is 190 g/mol. The molecule has 0 aromatic carbocycles. The maximum atomic E-state index is 9.83. The van der Waals surface area contributed by atoms with Gasteiger partial charge in [-0.25, -0.2) is 0 Å². The van der Waals surface area contributed by atoms with Gasteiger partial charge >= 0.3 is 0 Å². The highest BCUT2D eigenvalue weighted by atomic mass is 16.8. The van der Waals surface area contributed by atoms with E-state index in [4.69, 9.17) is 9.47 Å². The number of rotatable bonds is 8. The summed E-state index contributed by atoms with van der Waals surface area (Å²) in [5.74, 6) is -1.35. The zero-order valence-electron chi connectivity index (χ0n) is 9.01. The van der Waals surface area contributed by atoms with Gasteiger partial charge in [0.05, 0.1) is 13.2 Å². The van der Waals surface area contributed by atoms with Gasteiger partial charge in [0.2, 0.25) is 0 Å². The molecule has 0 aliphatic rings. The van der Waals surface area contributed by atoms with Gasteiger partial charge in [0.15, 0.2) is 0 Å². The van der Waals surface area contributed by atoms with Crippen molar-refractivity contribution >= 4 is 0 Å². The van der Waals surface area contributed by atoms with Crippen LogP contribution in [0.5, 0.6) is 0 Å². The van der Waals surface area contributed by atoms with Crippen LogP contribution < -0.4 is 0 Å². The first-order valence-corrected chi connectivity index (χ1v) is 5.18. The van der Waals surface area contributed by atoms with E-state index in [1.807, 2.05) is 20.8 Å². The van der Waals surface area contributed by atoms with Gasteiger partial charge in [-0.2, -0.15) is 0 Å². The fourth-order valence-electron chi connectivity index (χ4n) is 1.03. The Labute approximate surface area is 81.0 Å². The maximum Gasteiger partial charge on any atom is 0.280 e. The minimum atomic E-state index is -1.35. The van der Waals surface area contributed by atoms with Crippen LogP contribution in [0.1, 0.15) is 46.5 Å². The van der Waals surface area contributed by atoms with Gasteiger partial charge in [-0.3, -0.25) is 0 Å². The highest BCUT2D eigenvalue weighted by molar-refractivity contribution is 4.53. The maximum absolute atomic E-state index is 9.83. The highest BCUT2D eigenvalue weighted by Crippen LogP contribution is 2.17. The monoisotopic (exact) mass is 190 g/mol.